The van der Waals surface area contributed by atoms with Crippen molar-refractivity contribution in [3.05, 3.63) is 48.9 Å². The number of nitrogens with zero attached hydrogens (tertiary/aromatic N) is 5. The van der Waals surface area contributed by atoms with Crippen LogP contribution in [0.15, 0.2) is 48.9 Å². The molecule has 1 aliphatic heterocycles. The highest BCUT2D eigenvalue weighted by atomic mass is 35.5. The van der Waals surface area contributed by atoms with Crippen LogP contribution in [-0.2, 0) is 4.74 Å². The van der Waals surface area contributed by atoms with Crippen LogP contribution in [0.1, 0.15) is 0 Å². The molecule has 1 aliphatic rings. The lowest BCUT2D eigenvalue weighted by Crippen LogP contribution is -2.36. The molecule has 0 unspecified atom stereocenters. The van der Waals surface area contributed by atoms with E-state index < -0.39 is 0 Å². The topological polar surface area (TPSA) is 77.3 Å². The lowest BCUT2D eigenvalue weighted by atomic mass is 10.3. The Morgan fingerprint density at radius 1 is 1.07 bits per heavy atom. The quantitative estimate of drug-likeness (QED) is 0.673. The number of anilines is 3. The van der Waals surface area contributed by atoms with Crippen molar-refractivity contribution in [3.8, 4) is 11.6 Å². The number of hydrogen-bond donors (Lipinski definition) is 1. The number of rotatable bonds is 5. The van der Waals surface area contributed by atoms with Gasteiger partial charge in [-0.15, -0.1) is 24.8 Å². The van der Waals surface area contributed by atoms with Gasteiger partial charge in [-0.3, -0.25) is 0 Å². The summed E-state index contributed by atoms with van der Waals surface area (Å²) in [5, 5.41) is 7.45. The van der Waals surface area contributed by atoms with Gasteiger partial charge in [0, 0.05) is 25.5 Å². The molecule has 1 N–H and O–H groups in total. The monoisotopic (exact) mass is 424 g/mol. The molecule has 0 spiro atoms. The number of nitrogens with one attached hydrogen (secondary N) is 1. The highest BCUT2D eigenvalue weighted by Crippen LogP contribution is 2.24. The molecule has 0 atom stereocenters. The molecule has 0 radical (unpaired) electrons. The van der Waals surface area contributed by atoms with Crippen molar-refractivity contribution in [2.75, 3.05) is 43.6 Å². The molecular weight excluding hydrogens is 403 g/mol. The van der Waals surface area contributed by atoms with Crippen LogP contribution in [0.25, 0.3) is 5.82 Å². The summed E-state index contributed by atoms with van der Waals surface area (Å²) in [6, 6.07) is 9.55. The van der Waals surface area contributed by atoms with E-state index in [1.165, 1.54) is 0 Å². The highest BCUT2D eigenvalue weighted by Gasteiger charge is 2.12. The Balaban J connectivity index is 0.00000140. The van der Waals surface area contributed by atoms with Gasteiger partial charge in [0.25, 0.3) is 0 Å². The van der Waals surface area contributed by atoms with Crippen molar-refractivity contribution in [1.82, 2.24) is 19.7 Å². The second-order valence-electron chi connectivity index (χ2n) is 5.80. The zero-order valence-corrected chi connectivity index (χ0v) is 16.9. The van der Waals surface area contributed by atoms with Gasteiger partial charge >= 0.3 is 0 Å². The van der Waals surface area contributed by atoms with E-state index in [-0.39, 0.29) is 24.8 Å². The average molecular weight is 425 g/mol. The van der Waals surface area contributed by atoms with Crippen molar-refractivity contribution < 1.29 is 9.47 Å². The first-order chi connectivity index (χ1) is 12.8. The Bertz CT molecular complexity index is 855. The minimum absolute atomic E-state index is 0. The van der Waals surface area contributed by atoms with Crippen LogP contribution >= 0.6 is 24.8 Å². The van der Waals surface area contributed by atoms with Crippen molar-refractivity contribution in [1.29, 1.82) is 0 Å². The highest BCUT2D eigenvalue weighted by molar-refractivity contribution is 5.85. The molecular formula is C18H22Cl2N6O2. The Hall–Kier alpha value is -2.55. The first-order valence-corrected chi connectivity index (χ1v) is 8.44. The molecule has 3 aromatic heterocycles. The molecule has 10 heteroatoms. The third-order valence-corrected chi connectivity index (χ3v) is 4.16. The second-order valence-corrected chi connectivity index (χ2v) is 5.80. The van der Waals surface area contributed by atoms with Gasteiger partial charge in [-0.25, -0.2) is 14.6 Å². The third-order valence-electron chi connectivity index (χ3n) is 4.16. The van der Waals surface area contributed by atoms with Gasteiger partial charge in [-0.05, 0) is 30.3 Å². The average Bonchev–Trinajstić information content (AvgIpc) is 3.24. The molecule has 3 aromatic rings. The summed E-state index contributed by atoms with van der Waals surface area (Å²) in [6.07, 6.45) is 5.39. The molecule has 4 rings (SSSR count). The van der Waals surface area contributed by atoms with Crippen LogP contribution in [0.4, 0.5) is 17.3 Å². The molecule has 0 amide bonds. The maximum absolute atomic E-state index is 5.38. The van der Waals surface area contributed by atoms with E-state index in [9.17, 15) is 0 Å². The Morgan fingerprint density at radius 3 is 2.50 bits per heavy atom. The summed E-state index contributed by atoms with van der Waals surface area (Å²) in [7, 11) is 1.61. The van der Waals surface area contributed by atoms with Gasteiger partial charge in [-0.1, -0.05) is 0 Å². The normalized spacial score (nSPS) is 13.2. The zero-order chi connectivity index (χ0) is 17.8. The molecule has 28 heavy (non-hydrogen) atoms. The number of aromatic nitrogens is 4. The number of hydrogen-bond acceptors (Lipinski definition) is 7. The lowest BCUT2D eigenvalue weighted by molar-refractivity contribution is 0.122. The number of pyridine rings is 2. The predicted molar refractivity (Wildman–Crippen MR) is 113 cm³/mol. The molecule has 0 bridgehead atoms. The van der Waals surface area contributed by atoms with E-state index in [0.29, 0.717) is 17.4 Å². The Morgan fingerprint density at radius 2 is 1.86 bits per heavy atom. The van der Waals surface area contributed by atoms with Gasteiger partial charge in [0.15, 0.2) is 11.6 Å². The number of methoxy groups -OCH3 is 1. The number of ether oxygens (including phenoxy) is 2. The fraction of sp³-hybridized carbons (Fsp3) is 0.278. The molecule has 0 aliphatic carbocycles. The van der Waals surface area contributed by atoms with Crippen molar-refractivity contribution in [3.63, 3.8) is 0 Å². The summed E-state index contributed by atoms with van der Waals surface area (Å²) in [4.78, 5) is 11.4. The van der Waals surface area contributed by atoms with E-state index in [1.54, 1.807) is 18.0 Å². The van der Waals surface area contributed by atoms with Crippen LogP contribution < -0.4 is 15.0 Å². The first-order valence-electron chi connectivity index (χ1n) is 8.44. The van der Waals surface area contributed by atoms with Gasteiger partial charge in [0.1, 0.15) is 11.6 Å². The van der Waals surface area contributed by atoms with E-state index in [0.717, 1.165) is 37.8 Å². The van der Waals surface area contributed by atoms with Gasteiger partial charge in [0.05, 0.1) is 32.2 Å². The largest absolute Gasteiger partial charge is 0.493 e. The third kappa shape index (κ3) is 4.83. The Kier molecular flexibility index (Phi) is 7.86. The van der Waals surface area contributed by atoms with Gasteiger partial charge < -0.3 is 19.7 Å². The van der Waals surface area contributed by atoms with Crippen LogP contribution in [0.5, 0.6) is 5.75 Å². The minimum atomic E-state index is 0. The van der Waals surface area contributed by atoms with E-state index in [1.807, 2.05) is 36.7 Å². The van der Waals surface area contributed by atoms with E-state index in [4.69, 9.17) is 9.47 Å². The summed E-state index contributed by atoms with van der Waals surface area (Å²) in [5.74, 6) is 2.66. The van der Waals surface area contributed by atoms with Crippen LogP contribution in [0.2, 0.25) is 0 Å². The lowest BCUT2D eigenvalue weighted by Gasteiger charge is -2.28. The molecule has 1 saturated heterocycles. The standard InChI is InChI=1S/C18H20N6O2.2ClH/c1-25-15-4-6-17(22-18(15)24-8-2-7-20-24)21-16-5-3-14(13-19-16)23-9-11-26-12-10-23;;/h2-8,13H,9-12H2,1H3,(H,19,21,22);2*1H. The Labute approximate surface area is 175 Å². The van der Waals surface area contributed by atoms with Crippen molar-refractivity contribution >= 4 is 42.1 Å². The molecule has 0 saturated carbocycles. The molecule has 4 heterocycles. The first kappa shape index (κ1) is 21.7. The molecule has 150 valence electrons. The van der Waals surface area contributed by atoms with Crippen molar-refractivity contribution in [2.24, 2.45) is 0 Å². The minimum Gasteiger partial charge on any atom is -0.493 e. The molecule has 1 fully saturated rings. The van der Waals surface area contributed by atoms with Crippen LogP contribution in [0.3, 0.4) is 0 Å². The summed E-state index contributed by atoms with van der Waals surface area (Å²) in [5.41, 5.74) is 1.10. The van der Waals surface area contributed by atoms with Gasteiger partial charge in [0.2, 0.25) is 0 Å². The maximum atomic E-state index is 5.38. The molecule has 0 aromatic carbocycles. The fourth-order valence-electron chi connectivity index (χ4n) is 2.82. The van der Waals surface area contributed by atoms with Gasteiger partial charge in [-0.2, -0.15) is 5.10 Å². The van der Waals surface area contributed by atoms with Crippen LogP contribution in [0, 0.1) is 0 Å². The summed E-state index contributed by atoms with van der Waals surface area (Å²) < 4.78 is 12.4. The zero-order valence-electron chi connectivity index (χ0n) is 15.3. The number of morpholine rings is 1. The van der Waals surface area contributed by atoms with E-state index in [2.05, 4.69) is 31.3 Å². The second kappa shape index (κ2) is 10.1. The van der Waals surface area contributed by atoms with Crippen LogP contribution in [-0.4, -0.2) is 53.2 Å². The fourth-order valence-corrected chi connectivity index (χ4v) is 2.82. The summed E-state index contributed by atoms with van der Waals surface area (Å²) >= 11 is 0. The maximum Gasteiger partial charge on any atom is 0.198 e. The number of halogens is 2. The van der Waals surface area contributed by atoms with Crippen molar-refractivity contribution in [2.45, 2.75) is 0 Å². The van der Waals surface area contributed by atoms with E-state index >= 15 is 0 Å². The molecule has 8 nitrogen and oxygen atoms in total. The smallest absolute Gasteiger partial charge is 0.198 e. The predicted octanol–water partition coefficient (Wildman–Crippen LogP) is 3.09. The summed E-state index contributed by atoms with van der Waals surface area (Å²) in [6.45, 7) is 3.29. The SMILES string of the molecule is COc1ccc(Nc2ccc(N3CCOCC3)cn2)nc1-n1cccn1.Cl.Cl.